The summed E-state index contributed by atoms with van der Waals surface area (Å²) < 4.78 is 0. The van der Waals surface area contributed by atoms with Crippen molar-refractivity contribution in [1.29, 1.82) is 0 Å². The number of hydrogen-bond acceptors (Lipinski definition) is 3. The van der Waals surface area contributed by atoms with E-state index in [9.17, 15) is 9.90 Å². The van der Waals surface area contributed by atoms with Gasteiger partial charge in [-0.15, -0.1) is 0 Å². The second-order valence-corrected chi connectivity index (χ2v) is 6.65. The summed E-state index contributed by atoms with van der Waals surface area (Å²) in [6, 6.07) is 13.2. The first-order chi connectivity index (χ1) is 12.0. The third-order valence-corrected chi connectivity index (χ3v) is 3.99. The summed E-state index contributed by atoms with van der Waals surface area (Å²) in [5.74, 6) is 0.207. The fourth-order valence-corrected chi connectivity index (χ4v) is 2.84. The first kappa shape index (κ1) is 18.9. The van der Waals surface area contributed by atoms with Crippen LogP contribution in [0.1, 0.15) is 43.1 Å². The van der Waals surface area contributed by atoms with Crippen LogP contribution in [0.3, 0.4) is 0 Å². The third kappa shape index (κ3) is 6.19. The molecule has 1 aromatic carbocycles. The average Bonchev–Trinajstić information content (AvgIpc) is 2.58. The molecule has 5 nitrogen and oxygen atoms in total. The molecule has 1 aromatic heterocycles. The molecule has 0 bridgehead atoms. The molecule has 5 heteroatoms. The van der Waals surface area contributed by atoms with Crippen LogP contribution in [0.15, 0.2) is 48.7 Å². The number of hydrogen-bond donors (Lipinski definition) is 3. The number of nitrogens with one attached hydrogen (secondary N) is 2. The molecule has 1 heterocycles. The molecule has 2 amide bonds. The molecule has 0 saturated carbocycles. The predicted molar refractivity (Wildman–Crippen MR) is 99.3 cm³/mol. The van der Waals surface area contributed by atoms with Crippen molar-refractivity contribution < 1.29 is 9.90 Å². The topological polar surface area (TPSA) is 74.2 Å². The summed E-state index contributed by atoms with van der Waals surface area (Å²) in [6.07, 6.45) is 2.01. The fraction of sp³-hybridized carbons (Fsp3) is 0.400. The van der Waals surface area contributed by atoms with E-state index in [1.165, 1.54) is 0 Å². The summed E-state index contributed by atoms with van der Waals surface area (Å²) in [6.45, 7) is 6.30. The van der Waals surface area contributed by atoms with Crippen molar-refractivity contribution in [3.63, 3.8) is 0 Å². The van der Waals surface area contributed by atoms with Gasteiger partial charge in [0.1, 0.15) is 0 Å². The standard InChI is InChI=1S/C20H27N3O2/c1-14-7-6-8-17(12-14)19(18-9-4-5-10-21-18)23-20(25)22-13-15(2)11-16(3)24/h4-10,12,15-16,19,24H,11,13H2,1-3H3,(H2,22,23,25). The van der Waals surface area contributed by atoms with E-state index in [1.54, 1.807) is 13.1 Å². The quantitative estimate of drug-likeness (QED) is 0.724. The summed E-state index contributed by atoms with van der Waals surface area (Å²) in [5, 5.41) is 15.3. The van der Waals surface area contributed by atoms with Gasteiger partial charge in [-0.05, 0) is 43.9 Å². The Labute approximate surface area is 149 Å². The number of carbonyl (C=O) groups excluding carboxylic acids is 1. The zero-order valence-electron chi connectivity index (χ0n) is 15.1. The normalized spacial score (nSPS) is 14.4. The Morgan fingerprint density at radius 2 is 2.00 bits per heavy atom. The molecule has 3 atom stereocenters. The predicted octanol–water partition coefficient (Wildman–Crippen LogP) is 3.19. The monoisotopic (exact) mass is 341 g/mol. The number of aromatic nitrogens is 1. The van der Waals surface area contributed by atoms with Crippen LogP contribution in [0.2, 0.25) is 0 Å². The highest BCUT2D eigenvalue weighted by molar-refractivity contribution is 5.75. The average molecular weight is 341 g/mol. The molecule has 2 rings (SSSR count). The van der Waals surface area contributed by atoms with Crippen LogP contribution in [-0.4, -0.2) is 28.8 Å². The maximum atomic E-state index is 12.4. The van der Waals surface area contributed by atoms with Crippen molar-refractivity contribution in [3.05, 3.63) is 65.5 Å². The van der Waals surface area contributed by atoms with Crippen LogP contribution in [0, 0.1) is 12.8 Å². The van der Waals surface area contributed by atoms with E-state index in [-0.39, 0.29) is 24.1 Å². The van der Waals surface area contributed by atoms with Gasteiger partial charge in [-0.1, -0.05) is 42.8 Å². The lowest BCUT2D eigenvalue weighted by molar-refractivity contribution is 0.163. The molecule has 134 valence electrons. The number of amides is 2. The van der Waals surface area contributed by atoms with E-state index in [0.29, 0.717) is 13.0 Å². The number of benzene rings is 1. The Bertz CT molecular complexity index is 674. The molecule has 0 aliphatic carbocycles. The smallest absolute Gasteiger partial charge is 0.315 e. The Hall–Kier alpha value is -2.40. The fourth-order valence-electron chi connectivity index (χ4n) is 2.84. The van der Waals surface area contributed by atoms with Crippen molar-refractivity contribution in [3.8, 4) is 0 Å². The highest BCUT2D eigenvalue weighted by atomic mass is 16.3. The van der Waals surface area contributed by atoms with Crippen LogP contribution in [0.5, 0.6) is 0 Å². The molecule has 0 aliphatic heterocycles. The lowest BCUT2D eigenvalue weighted by atomic mass is 10.0. The number of aliphatic hydroxyl groups is 1. The van der Waals surface area contributed by atoms with Gasteiger partial charge in [-0.3, -0.25) is 4.98 Å². The third-order valence-electron chi connectivity index (χ3n) is 3.99. The minimum absolute atomic E-state index is 0.207. The molecule has 0 spiro atoms. The summed E-state index contributed by atoms with van der Waals surface area (Å²) in [4.78, 5) is 16.8. The number of carbonyl (C=O) groups is 1. The van der Waals surface area contributed by atoms with Gasteiger partial charge in [0.05, 0.1) is 17.8 Å². The number of rotatable bonds is 7. The van der Waals surface area contributed by atoms with Crippen molar-refractivity contribution >= 4 is 6.03 Å². The first-order valence-electron chi connectivity index (χ1n) is 8.65. The van der Waals surface area contributed by atoms with Crippen LogP contribution < -0.4 is 10.6 Å². The molecule has 0 aliphatic rings. The summed E-state index contributed by atoms with van der Waals surface area (Å²) in [7, 11) is 0. The Morgan fingerprint density at radius 1 is 1.20 bits per heavy atom. The molecule has 0 saturated heterocycles. The maximum Gasteiger partial charge on any atom is 0.315 e. The number of aryl methyl sites for hydroxylation is 1. The second-order valence-electron chi connectivity index (χ2n) is 6.65. The van der Waals surface area contributed by atoms with Crippen molar-refractivity contribution in [2.75, 3.05) is 6.54 Å². The zero-order chi connectivity index (χ0) is 18.2. The lowest BCUT2D eigenvalue weighted by Gasteiger charge is -2.21. The number of urea groups is 1. The van der Waals surface area contributed by atoms with Gasteiger partial charge in [0.25, 0.3) is 0 Å². The van der Waals surface area contributed by atoms with E-state index >= 15 is 0 Å². The van der Waals surface area contributed by atoms with Gasteiger partial charge in [0, 0.05) is 12.7 Å². The van der Waals surface area contributed by atoms with E-state index in [4.69, 9.17) is 0 Å². The Balaban J connectivity index is 2.08. The number of nitrogens with zero attached hydrogens (tertiary/aromatic N) is 1. The van der Waals surface area contributed by atoms with Gasteiger partial charge >= 0.3 is 6.03 Å². The van der Waals surface area contributed by atoms with E-state index in [1.807, 2.05) is 50.2 Å². The number of pyridine rings is 1. The van der Waals surface area contributed by atoms with Crippen LogP contribution in [0.25, 0.3) is 0 Å². The molecule has 3 unspecified atom stereocenters. The molecule has 2 aromatic rings. The maximum absolute atomic E-state index is 12.4. The molecular weight excluding hydrogens is 314 g/mol. The highest BCUT2D eigenvalue weighted by Gasteiger charge is 2.18. The van der Waals surface area contributed by atoms with Gasteiger partial charge < -0.3 is 15.7 Å². The van der Waals surface area contributed by atoms with Gasteiger partial charge in [-0.2, -0.15) is 0 Å². The second kappa shape index (κ2) is 9.18. The first-order valence-corrected chi connectivity index (χ1v) is 8.65. The zero-order valence-corrected chi connectivity index (χ0v) is 15.1. The van der Waals surface area contributed by atoms with E-state index in [0.717, 1.165) is 16.8 Å². The molecule has 0 fully saturated rings. The summed E-state index contributed by atoms with van der Waals surface area (Å²) in [5.41, 5.74) is 2.91. The van der Waals surface area contributed by atoms with E-state index in [2.05, 4.69) is 21.7 Å². The van der Waals surface area contributed by atoms with Crippen LogP contribution >= 0.6 is 0 Å². The van der Waals surface area contributed by atoms with Crippen molar-refractivity contribution in [1.82, 2.24) is 15.6 Å². The molecule has 25 heavy (non-hydrogen) atoms. The SMILES string of the molecule is Cc1cccc(C(NC(=O)NCC(C)CC(C)O)c2ccccn2)c1. The number of aliphatic hydroxyl groups excluding tert-OH is 1. The molecule has 3 N–H and O–H groups in total. The van der Waals surface area contributed by atoms with Gasteiger partial charge in [0.2, 0.25) is 0 Å². The minimum atomic E-state index is -0.367. The highest BCUT2D eigenvalue weighted by Crippen LogP contribution is 2.21. The van der Waals surface area contributed by atoms with Crippen molar-refractivity contribution in [2.24, 2.45) is 5.92 Å². The summed E-state index contributed by atoms with van der Waals surface area (Å²) >= 11 is 0. The van der Waals surface area contributed by atoms with Crippen LogP contribution in [-0.2, 0) is 0 Å². The van der Waals surface area contributed by atoms with Gasteiger partial charge in [0.15, 0.2) is 0 Å². The largest absolute Gasteiger partial charge is 0.393 e. The van der Waals surface area contributed by atoms with Crippen LogP contribution in [0.4, 0.5) is 4.79 Å². The molecular formula is C20H27N3O2. The minimum Gasteiger partial charge on any atom is -0.393 e. The Morgan fingerprint density at radius 3 is 2.64 bits per heavy atom. The Kier molecular flexibility index (Phi) is 6.95. The lowest BCUT2D eigenvalue weighted by Crippen LogP contribution is -2.40. The van der Waals surface area contributed by atoms with Crippen molar-refractivity contribution in [2.45, 2.75) is 39.3 Å². The van der Waals surface area contributed by atoms with E-state index < -0.39 is 0 Å². The van der Waals surface area contributed by atoms with Gasteiger partial charge in [-0.25, -0.2) is 4.79 Å². The molecule has 0 radical (unpaired) electrons.